The van der Waals surface area contributed by atoms with Crippen LogP contribution in [0.25, 0.3) is 0 Å². The van der Waals surface area contributed by atoms with Crippen molar-refractivity contribution >= 4 is 5.91 Å². The van der Waals surface area contributed by atoms with E-state index in [0.717, 1.165) is 37.9 Å². The predicted octanol–water partition coefficient (Wildman–Crippen LogP) is 2.32. The first kappa shape index (κ1) is 16.7. The van der Waals surface area contributed by atoms with Crippen LogP contribution in [0.4, 0.5) is 0 Å². The molecule has 0 radical (unpaired) electrons. The largest absolute Gasteiger partial charge is 0.338 e. The first-order valence-corrected chi connectivity index (χ1v) is 8.68. The number of nitrogens with one attached hydrogen (secondary N) is 1. The molecule has 3 rings (SSSR count). The minimum absolute atomic E-state index is 0.147. The third-order valence-corrected chi connectivity index (χ3v) is 4.75. The molecule has 0 fully saturated rings. The molecule has 1 heterocycles. The molecule has 1 aliphatic carbocycles. The number of benzene rings is 1. The fourth-order valence-electron chi connectivity index (χ4n) is 3.41. The zero-order valence-electron chi connectivity index (χ0n) is 14.5. The van der Waals surface area contributed by atoms with Crippen LogP contribution < -0.4 is 5.32 Å². The van der Waals surface area contributed by atoms with Gasteiger partial charge in [0.1, 0.15) is 0 Å². The lowest BCUT2D eigenvalue weighted by Gasteiger charge is -2.33. The Morgan fingerprint density at radius 3 is 3.04 bits per heavy atom. The van der Waals surface area contributed by atoms with E-state index in [1.54, 1.807) is 0 Å². The molecule has 1 amide bonds. The molecule has 0 saturated heterocycles. The number of hydrogen-bond acceptors (Lipinski definition) is 3. The summed E-state index contributed by atoms with van der Waals surface area (Å²) in [5.41, 5.74) is 3.85. The van der Waals surface area contributed by atoms with Crippen molar-refractivity contribution in [2.45, 2.75) is 38.8 Å². The van der Waals surface area contributed by atoms with E-state index < -0.39 is 0 Å². The lowest BCUT2D eigenvalue weighted by Crippen LogP contribution is -2.39. The average Bonchev–Trinajstić information content (AvgIpc) is 3.02. The quantitative estimate of drug-likeness (QED) is 0.829. The second kappa shape index (κ2) is 7.62. The van der Waals surface area contributed by atoms with Gasteiger partial charge in [-0.15, -0.1) is 0 Å². The number of carbonyl (C=O) groups excluding carboxylic acids is 1. The molecule has 0 spiro atoms. The number of carbonyl (C=O) groups is 1. The van der Waals surface area contributed by atoms with E-state index in [1.807, 2.05) is 35.9 Å². The van der Waals surface area contributed by atoms with Gasteiger partial charge in [-0.1, -0.05) is 24.3 Å². The number of likely N-dealkylation sites (N-methyl/N-ethyl adjacent to an activating group) is 1. The molecule has 5 heteroatoms. The van der Waals surface area contributed by atoms with Crippen molar-refractivity contribution in [2.75, 3.05) is 20.1 Å². The molecule has 0 saturated carbocycles. The maximum Gasteiger partial charge on any atom is 0.236 e. The fourth-order valence-corrected chi connectivity index (χ4v) is 3.41. The van der Waals surface area contributed by atoms with Gasteiger partial charge in [0, 0.05) is 19.8 Å². The maximum atomic E-state index is 12.5. The first-order valence-electron chi connectivity index (χ1n) is 8.68. The molecule has 1 atom stereocenters. The van der Waals surface area contributed by atoms with Gasteiger partial charge >= 0.3 is 0 Å². The smallest absolute Gasteiger partial charge is 0.236 e. The number of amides is 1. The normalized spacial score (nSPS) is 16.7. The Labute approximate surface area is 143 Å². The van der Waals surface area contributed by atoms with Crippen LogP contribution in [0.5, 0.6) is 0 Å². The summed E-state index contributed by atoms with van der Waals surface area (Å²) in [6.45, 7) is 3.91. The number of aryl methyl sites for hydroxylation is 2. The van der Waals surface area contributed by atoms with Gasteiger partial charge in [-0.2, -0.15) is 5.10 Å². The van der Waals surface area contributed by atoms with Crippen molar-refractivity contribution in [3.8, 4) is 0 Å². The van der Waals surface area contributed by atoms with Crippen molar-refractivity contribution in [2.24, 2.45) is 0 Å². The first-order chi connectivity index (χ1) is 11.6. The summed E-state index contributed by atoms with van der Waals surface area (Å²) in [5, 5.41) is 7.48. The molecule has 1 aromatic heterocycles. The number of fused-ring (bicyclic) bond motifs is 1. The van der Waals surface area contributed by atoms with Crippen LogP contribution in [0, 0.1) is 6.92 Å². The Morgan fingerprint density at radius 1 is 1.42 bits per heavy atom. The summed E-state index contributed by atoms with van der Waals surface area (Å²) in [5.74, 6) is 0.147. The van der Waals surface area contributed by atoms with Crippen LogP contribution in [0.3, 0.4) is 0 Å². The number of aromatic nitrogens is 2. The summed E-state index contributed by atoms with van der Waals surface area (Å²) in [7, 11) is 1.92. The van der Waals surface area contributed by atoms with Gasteiger partial charge in [-0.05, 0) is 42.9 Å². The average molecular weight is 326 g/mol. The van der Waals surface area contributed by atoms with Crippen molar-refractivity contribution in [3.05, 3.63) is 53.3 Å². The summed E-state index contributed by atoms with van der Waals surface area (Å²) < 4.78 is 1.90. The zero-order chi connectivity index (χ0) is 16.9. The van der Waals surface area contributed by atoms with E-state index in [1.165, 1.54) is 11.1 Å². The van der Waals surface area contributed by atoms with Crippen LogP contribution in [0.2, 0.25) is 0 Å². The molecule has 0 unspecified atom stereocenters. The molecule has 128 valence electrons. The maximum absolute atomic E-state index is 12.5. The summed E-state index contributed by atoms with van der Waals surface area (Å²) in [4.78, 5) is 14.4. The molecule has 5 nitrogen and oxygen atoms in total. The van der Waals surface area contributed by atoms with Crippen LogP contribution in [0.15, 0.2) is 36.7 Å². The van der Waals surface area contributed by atoms with Gasteiger partial charge in [0.05, 0.1) is 25.3 Å². The van der Waals surface area contributed by atoms with Gasteiger partial charge in [-0.25, -0.2) is 0 Å². The van der Waals surface area contributed by atoms with E-state index >= 15 is 0 Å². The fraction of sp³-hybridized carbons (Fsp3) is 0.474. The molecular formula is C19H26N4O. The van der Waals surface area contributed by atoms with Crippen LogP contribution in [-0.2, 0) is 17.8 Å². The SMILES string of the molecule is Cc1cnn(CCNCC(=O)N(C)[C@@H]2CCCc3ccccc32)c1. The standard InChI is InChI=1S/C19H26N4O/c1-15-12-21-23(14-15)11-10-20-13-19(24)22(2)18-9-5-7-16-6-3-4-8-17(16)18/h3-4,6,8,12,14,18,20H,5,7,9-11,13H2,1-2H3/t18-/m1/s1. The van der Waals surface area contributed by atoms with Crippen molar-refractivity contribution in [3.63, 3.8) is 0 Å². The molecule has 1 N–H and O–H groups in total. The topological polar surface area (TPSA) is 50.2 Å². The number of hydrogen-bond donors (Lipinski definition) is 1. The lowest BCUT2D eigenvalue weighted by molar-refractivity contribution is -0.131. The van der Waals surface area contributed by atoms with Gasteiger partial charge in [0.25, 0.3) is 0 Å². The van der Waals surface area contributed by atoms with E-state index in [4.69, 9.17) is 0 Å². The molecule has 2 aromatic rings. The minimum Gasteiger partial charge on any atom is -0.338 e. The highest BCUT2D eigenvalue weighted by Gasteiger charge is 2.25. The minimum atomic E-state index is 0.147. The van der Waals surface area contributed by atoms with Crippen molar-refractivity contribution in [1.82, 2.24) is 20.0 Å². The van der Waals surface area contributed by atoms with Gasteiger partial charge in [0.2, 0.25) is 5.91 Å². The van der Waals surface area contributed by atoms with Crippen molar-refractivity contribution in [1.29, 1.82) is 0 Å². The second-order valence-electron chi connectivity index (χ2n) is 6.57. The van der Waals surface area contributed by atoms with E-state index in [2.05, 4.69) is 34.7 Å². The number of rotatable bonds is 6. The third kappa shape index (κ3) is 3.85. The second-order valence-corrected chi connectivity index (χ2v) is 6.57. The summed E-state index contributed by atoms with van der Waals surface area (Å²) in [6.07, 6.45) is 7.17. The molecule has 0 aliphatic heterocycles. The Morgan fingerprint density at radius 2 is 2.25 bits per heavy atom. The summed E-state index contributed by atoms with van der Waals surface area (Å²) in [6, 6.07) is 8.71. The molecule has 1 aromatic carbocycles. The van der Waals surface area contributed by atoms with E-state index in [9.17, 15) is 4.79 Å². The van der Waals surface area contributed by atoms with Crippen LogP contribution >= 0.6 is 0 Å². The molecule has 24 heavy (non-hydrogen) atoms. The molecule has 1 aliphatic rings. The van der Waals surface area contributed by atoms with E-state index in [-0.39, 0.29) is 11.9 Å². The highest BCUT2D eigenvalue weighted by atomic mass is 16.2. The van der Waals surface area contributed by atoms with Gasteiger partial charge in [-0.3, -0.25) is 9.48 Å². The number of nitrogens with zero attached hydrogens (tertiary/aromatic N) is 3. The lowest BCUT2D eigenvalue weighted by atomic mass is 9.87. The van der Waals surface area contributed by atoms with Crippen LogP contribution in [-0.4, -0.2) is 40.7 Å². The molecule has 0 bridgehead atoms. The van der Waals surface area contributed by atoms with Gasteiger partial charge in [0.15, 0.2) is 0 Å². The third-order valence-electron chi connectivity index (χ3n) is 4.75. The monoisotopic (exact) mass is 326 g/mol. The van der Waals surface area contributed by atoms with Crippen LogP contribution in [0.1, 0.15) is 35.6 Å². The van der Waals surface area contributed by atoms with Gasteiger partial charge < -0.3 is 10.2 Å². The Hall–Kier alpha value is -2.14. The Kier molecular flexibility index (Phi) is 5.30. The molecular weight excluding hydrogens is 300 g/mol. The Balaban J connectivity index is 1.50. The zero-order valence-corrected chi connectivity index (χ0v) is 14.5. The Bertz CT molecular complexity index is 694. The summed E-state index contributed by atoms with van der Waals surface area (Å²) >= 11 is 0. The predicted molar refractivity (Wildman–Crippen MR) is 94.7 cm³/mol. The highest BCUT2D eigenvalue weighted by Crippen LogP contribution is 2.33. The van der Waals surface area contributed by atoms with Crippen molar-refractivity contribution < 1.29 is 4.79 Å². The highest BCUT2D eigenvalue weighted by molar-refractivity contribution is 5.78. The van der Waals surface area contributed by atoms with E-state index in [0.29, 0.717) is 6.54 Å².